The van der Waals surface area contributed by atoms with E-state index in [9.17, 15) is 29.1 Å². The Morgan fingerprint density at radius 1 is 0.878 bits per heavy atom. The molecule has 2 amide bonds. The van der Waals surface area contributed by atoms with Crippen LogP contribution in [0, 0.1) is 5.92 Å². The van der Waals surface area contributed by atoms with Gasteiger partial charge in [-0.3, -0.25) is 14.5 Å². The van der Waals surface area contributed by atoms with Crippen LogP contribution < -0.4 is 21.2 Å². The number of nitrogens with one attached hydrogen (secondary N) is 1. The first-order valence-corrected chi connectivity index (χ1v) is 17.8. The van der Waals surface area contributed by atoms with Crippen molar-refractivity contribution >= 4 is 69.2 Å². The number of carbonyl (C=O) groups excluding carboxylic acids is 4. The summed E-state index contributed by atoms with van der Waals surface area (Å²) in [6, 6.07) is 27.8. The summed E-state index contributed by atoms with van der Waals surface area (Å²) in [4.78, 5) is 63.4. The van der Waals surface area contributed by atoms with E-state index in [4.69, 9.17) is 9.47 Å². The Labute approximate surface area is 289 Å². The Kier molecular flexibility index (Phi) is 14.5. The molecule has 2 N–H and O–H groups in total. The fraction of sp³-hybridized carbons (Fsp3) is 0.222. The molecule has 13 heteroatoms. The van der Waals surface area contributed by atoms with Crippen molar-refractivity contribution in [3.8, 4) is 0 Å². The molecular weight excluding hydrogens is 667 g/mol. The molecule has 3 aromatic carbocycles. The number of nitrogens with zero attached hydrogens (tertiary/aromatic N) is 1. The van der Waals surface area contributed by atoms with Crippen LogP contribution in [0.5, 0.6) is 0 Å². The molecule has 0 aromatic heterocycles. The van der Waals surface area contributed by atoms with Crippen LogP contribution in [-0.4, -0.2) is 76.4 Å². The molecule has 258 valence electrons. The fourth-order valence-corrected chi connectivity index (χ4v) is 10.7. The van der Waals surface area contributed by atoms with Crippen molar-refractivity contribution in [2.45, 2.75) is 25.3 Å². The maximum atomic E-state index is 14.0. The molecule has 3 aromatic rings. The molecule has 0 radical (unpaired) electrons. The quantitative estimate of drug-likeness (QED) is 0.119. The molecule has 1 saturated heterocycles. The smallest absolute Gasteiger partial charge is 0.477 e. The first-order chi connectivity index (χ1) is 23.5. The molecule has 0 bridgehead atoms. The summed E-state index contributed by atoms with van der Waals surface area (Å²) in [6.07, 6.45) is 0.489. The summed E-state index contributed by atoms with van der Waals surface area (Å²) in [6.45, 7) is 6.71. The van der Waals surface area contributed by atoms with E-state index in [1.54, 1.807) is 0 Å². The second-order valence-corrected chi connectivity index (χ2v) is 15.0. The number of hydrogen-bond acceptors (Lipinski definition) is 9. The number of aliphatic carboxylic acids is 1. The molecule has 49 heavy (non-hydrogen) atoms. The van der Waals surface area contributed by atoms with Crippen molar-refractivity contribution in [2.75, 3.05) is 20.3 Å². The van der Waals surface area contributed by atoms with E-state index in [1.165, 1.54) is 37.9 Å². The average molecular weight is 707 g/mol. The van der Waals surface area contributed by atoms with Gasteiger partial charge in [-0.25, -0.2) is 14.4 Å². The van der Waals surface area contributed by atoms with Crippen LogP contribution in [0.3, 0.4) is 0 Å². The number of benzene rings is 3. The second-order valence-electron chi connectivity index (χ2n) is 10.4. The van der Waals surface area contributed by atoms with Crippen LogP contribution >= 0.6 is 18.6 Å². The van der Waals surface area contributed by atoms with Crippen molar-refractivity contribution < 1.29 is 43.3 Å². The van der Waals surface area contributed by atoms with Crippen LogP contribution in [0.25, 0.3) is 0 Å². The third kappa shape index (κ3) is 9.10. The molecule has 1 aliphatic rings. The normalized spacial score (nSPS) is 15.6. The van der Waals surface area contributed by atoms with Gasteiger partial charge in [0.25, 0.3) is 0 Å². The summed E-state index contributed by atoms with van der Waals surface area (Å²) < 4.78 is 14.7. The van der Waals surface area contributed by atoms with Gasteiger partial charge in [-0.15, -0.1) is 0 Å². The molecule has 3 unspecified atom stereocenters. The summed E-state index contributed by atoms with van der Waals surface area (Å²) in [5, 5.41) is 14.2. The summed E-state index contributed by atoms with van der Waals surface area (Å²) in [7, 11) is 1.51. The molecule has 0 saturated carbocycles. The van der Waals surface area contributed by atoms with Gasteiger partial charge in [0, 0.05) is 20.9 Å². The highest BCUT2D eigenvalue weighted by molar-refractivity contribution is 8.14. The summed E-state index contributed by atoms with van der Waals surface area (Å²) in [5.41, 5.74) is -0.123. The van der Waals surface area contributed by atoms with E-state index in [0.717, 1.165) is 27.7 Å². The highest BCUT2D eigenvalue weighted by Gasteiger charge is 2.57. The number of ether oxygens (including phenoxy) is 3. The van der Waals surface area contributed by atoms with Crippen LogP contribution in [0.2, 0.25) is 0 Å². The van der Waals surface area contributed by atoms with E-state index in [2.05, 4.69) is 23.2 Å². The van der Waals surface area contributed by atoms with Crippen molar-refractivity contribution in [3.05, 3.63) is 116 Å². The van der Waals surface area contributed by atoms with Gasteiger partial charge in [0.2, 0.25) is 5.91 Å². The van der Waals surface area contributed by atoms with Gasteiger partial charge in [-0.05, 0) is 22.8 Å². The largest absolute Gasteiger partial charge is 0.508 e. The molecule has 0 spiro atoms. The predicted octanol–water partition coefficient (Wildman–Crippen LogP) is 4.52. The average Bonchev–Trinajstić information content (AvgIpc) is 3.10. The first kappa shape index (κ1) is 38.4. The Balaban J connectivity index is 0.000000723. The Bertz CT molecular complexity index is 1600. The van der Waals surface area contributed by atoms with Crippen LogP contribution in [0.1, 0.15) is 13.8 Å². The molecule has 0 aliphatic carbocycles. The van der Waals surface area contributed by atoms with Crippen molar-refractivity contribution in [2.24, 2.45) is 5.92 Å². The van der Waals surface area contributed by atoms with E-state index in [1.807, 2.05) is 91.0 Å². The number of hydrogen-bond donors (Lipinski definition) is 2. The topological polar surface area (TPSA) is 149 Å². The van der Waals surface area contributed by atoms with Crippen LogP contribution in [0.4, 0.5) is 9.59 Å². The Hall–Kier alpha value is -5.06. The molecule has 3 atom stereocenters. The molecule has 1 fully saturated rings. The molecule has 11 nitrogen and oxygen atoms in total. The first-order valence-electron chi connectivity index (χ1n) is 15.1. The monoisotopic (exact) mass is 706 g/mol. The van der Waals surface area contributed by atoms with Gasteiger partial charge >= 0.3 is 18.2 Å². The van der Waals surface area contributed by atoms with Crippen molar-refractivity contribution in [1.29, 1.82) is 0 Å². The van der Waals surface area contributed by atoms with E-state index < -0.39 is 48.4 Å². The second kappa shape index (κ2) is 18.5. The zero-order valence-corrected chi connectivity index (χ0v) is 29.1. The number of amides is 2. The third-order valence-corrected chi connectivity index (χ3v) is 12.5. The maximum Gasteiger partial charge on any atom is 0.508 e. The van der Waals surface area contributed by atoms with Crippen molar-refractivity contribution in [3.63, 3.8) is 0 Å². The van der Waals surface area contributed by atoms with Crippen LogP contribution in [0.15, 0.2) is 116 Å². The summed E-state index contributed by atoms with van der Waals surface area (Å²) >= 11 is 0.833. The Morgan fingerprint density at radius 2 is 1.33 bits per heavy atom. The number of rotatable bonds is 12. The summed E-state index contributed by atoms with van der Waals surface area (Å²) in [5.74, 6) is -2.81. The van der Waals surface area contributed by atoms with Gasteiger partial charge in [-0.1, -0.05) is 128 Å². The number of carboxylic acid groups (broad SMARTS) is 1. The fourth-order valence-electron chi connectivity index (χ4n) is 5.21. The minimum atomic E-state index is -3.20. The lowest BCUT2D eigenvalue weighted by Crippen LogP contribution is -2.67. The molecule has 1 heterocycles. The number of carboxylic acids is 1. The van der Waals surface area contributed by atoms with Gasteiger partial charge < -0.3 is 24.6 Å². The van der Waals surface area contributed by atoms with E-state index in [0.29, 0.717) is 0 Å². The highest BCUT2D eigenvalue weighted by atomic mass is 32.2. The van der Waals surface area contributed by atoms with Gasteiger partial charge in [0.15, 0.2) is 5.12 Å². The zero-order chi connectivity index (χ0) is 36.0. The number of alkyl carbamates (subject to hydrolysis) is 1. The highest BCUT2D eigenvalue weighted by Crippen LogP contribution is 2.51. The minimum absolute atomic E-state index is 0.0723. The lowest BCUT2D eigenvalue weighted by Gasteiger charge is -2.50. The number of thioether (sulfide) groups is 1. The SMILES string of the molecule is C=CCOC(=O)NC.C=CCOC(=O)OC(C)C1C(=O)N(C(C(=O)O)=P(c2ccccc2)(c2ccccc2)c2ccccc2)C1SC(C)=O. The zero-order valence-electron chi connectivity index (χ0n) is 27.4. The molecule has 1 aliphatic heterocycles. The van der Waals surface area contributed by atoms with Gasteiger partial charge in [0.05, 0.1) is 0 Å². The van der Waals surface area contributed by atoms with E-state index in [-0.39, 0.29) is 23.7 Å². The molecule has 4 rings (SSSR count). The predicted molar refractivity (Wildman–Crippen MR) is 193 cm³/mol. The number of likely N-dealkylation sites (tertiary alicyclic amines) is 1. The van der Waals surface area contributed by atoms with Gasteiger partial charge in [0.1, 0.15) is 36.0 Å². The minimum Gasteiger partial charge on any atom is -0.477 e. The lowest BCUT2D eigenvalue weighted by atomic mass is 9.92. The number of carbonyl (C=O) groups is 5. The van der Waals surface area contributed by atoms with E-state index >= 15 is 0 Å². The maximum absolute atomic E-state index is 14.0. The van der Waals surface area contributed by atoms with Gasteiger partial charge in [-0.2, -0.15) is 0 Å². The third-order valence-electron chi connectivity index (χ3n) is 7.18. The lowest BCUT2D eigenvalue weighted by molar-refractivity contribution is -0.152. The number of β-lactam (4-membered cyclic amide) rings is 1. The molecular formula is C36H39N2O9PS. The van der Waals surface area contributed by atoms with Crippen LogP contribution in [-0.2, 0) is 28.6 Å². The Morgan fingerprint density at radius 3 is 1.71 bits per heavy atom. The standard InChI is InChI=1S/C31H30NO7PS.C5H9NO2/c1-4-20-38-31(37)39-21(2)26-27(34)32(29(26)41-22(3)33)28(30(35)36)40(23-14-8-5-9-15-23,24-16-10-6-11-17-24)25-18-12-7-13-19-25;1-3-4-8-5(7)6-2/h4-19,21,26,29H,1,20H2,2-3H3,(H,35,36);3H,1,4H2,2H3,(H,6,7). The van der Waals surface area contributed by atoms with Crippen molar-refractivity contribution in [1.82, 2.24) is 10.2 Å².